The largest absolute Gasteiger partial charge is 0.494 e. The van der Waals surface area contributed by atoms with Crippen molar-refractivity contribution < 1.29 is 19.1 Å². The van der Waals surface area contributed by atoms with E-state index in [1.54, 1.807) is 24.3 Å². The van der Waals surface area contributed by atoms with E-state index in [1.165, 1.54) is 0 Å². The molecule has 6 heteroatoms. The van der Waals surface area contributed by atoms with Crippen LogP contribution in [0.3, 0.4) is 0 Å². The molecule has 0 aromatic heterocycles. The zero-order chi connectivity index (χ0) is 21.7. The molecule has 0 fully saturated rings. The van der Waals surface area contributed by atoms with Crippen LogP contribution in [0.2, 0.25) is 0 Å². The van der Waals surface area contributed by atoms with Crippen molar-refractivity contribution in [2.45, 2.75) is 52.8 Å². The first kappa shape index (κ1) is 21.7. The lowest BCUT2D eigenvalue weighted by Crippen LogP contribution is -2.49. The van der Waals surface area contributed by atoms with E-state index in [-0.39, 0.29) is 23.8 Å². The van der Waals surface area contributed by atoms with Gasteiger partial charge in [0.1, 0.15) is 23.6 Å². The third-order valence-electron chi connectivity index (χ3n) is 5.10. The van der Waals surface area contributed by atoms with Crippen LogP contribution in [-0.4, -0.2) is 30.6 Å². The Labute approximate surface area is 178 Å². The smallest absolute Gasteiger partial charge is 0.251 e. The van der Waals surface area contributed by atoms with Crippen LogP contribution in [0.15, 0.2) is 42.5 Å². The van der Waals surface area contributed by atoms with Gasteiger partial charge in [-0.1, -0.05) is 32.0 Å². The second-order valence-electron chi connectivity index (χ2n) is 7.91. The predicted octanol–water partition coefficient (Wildman–Crippen LogP) is 3.48. The Morgan fingerprint density at radius 3 is 2.60 bits per heavy atom. The molecule has 1 aliphatic rings. The van der Waals surface area contributed by atoms with E-state index in [4.69, 9.17) is 9.47 Å². The summed E-state index contributed by atoms with van der Waals surface area (Å²) in [6.07, 6.45) is 0.987. The fraction of sp³-hybridized carbons (Fsp3) is 0.417. The summed E-state index contributed by atoms with van der Waals surface area (Å²) in [4.78, 5) is 25.4. The Morgan fingerprint density at radius 2 is 1.93 bits per heavy atom. The van der Waals surface area contributed by atoms with Crippen LogP contribution in [0.5, 0.6) is 11.5 Å². The Kier molecular flexibility index (Phi) is 6.98. The Morgan fingerprint density at radius 1 is 1.20 bits per heavy atom. The summed E-state index contributed by atoms with van der Waals surface area (Å²) in [5, 5.41) is 5.80. The summed E-state index contributed by atoms with van der Waals surface area (Å²) in [7, 11) is 0. The van der Waals surface area contributed by atoms with E-state index in [2.05, 4.69) is 10.6 Å². The third-order valence-corrected chi connectivity index (χ3v) is 5.10. The van der Waals surface area contributed by atoms with Crippen LogP contribution in [0.4, 0.5) is 0 Å². The lowest BCUT2D eigenvalue weighted by molar-refractivity contribution is -0.124. The first-order valence-electron chi connectivity index (χ1n) is 10.5. The van der Waals surface area contributed by atoms with E-state index >= 15 is 0 Å². The van der Waals surface area contributed by atoms with Crippen molar-refractivity contribution in [3.05, 3.63) is 59.2 Å². The van der Waals surface area contributed by atoms with Gasteiger partial charge in [-0.05, 0) is 44.0 Å². The molecule has 2 amide bonds. The zero-order valence-electron chi connectivity index (χ0n) is 18.0. The van der Waals surface area contributed by atoms with Crippen LogP contribution < -0.4 is 20.1 Å². The quantitative estimate of drug-likeness (QED) is 0.699. The number of fused-ring (bicyclic) bond motifs is 1. The number of hydrogen-bond acceptors (Lipinski definition) is 4. The van der Waals surface area contributed by atoms with Crippen LogP contribution in [-0.2, 0) is 17.8 Å². The number of rotatable bonds is 8. The highest BCUT2D eigenvalue weighted by molar-refractivity contribution is 5.97. The van der Waals surface area contributed by atoms with Crippen molar-refractivity contribution in [3.8, 4) is 11.5 Å². The standard InChI is InChI=1S/C24H30N2O4/c1-5-29-20-12-18-11-16(4)30-21(18)13-19(20)14-25-24(28)22(15(2)3)26-23(27)17-9-7-6-8-10-17/h6-10,12-13,15-16,22H,5,11,14H2,1-4H3,(H,25,28)(H,26,27)/t16-,22+/m1/s1. The van der Waals surface area contributed by atoms with Crippen molar-refractivity contribution >= 4 is 11.8 Å². The topological polar surface area (TPSA) is 76.7 Å². The fourth-order valence-corrected chi connectivity index (χ4v) is 3.55. The molecule has 1 heterocycles. The summed E-state index contributed by atoms with van der Waals surface area (Å²) in [6, 6.07) is 12.2. The van der Waals surface area contributed by atoms with E-state index in [9.17, 15) is 9.59 Å². The van der Waals surface area contributed by atoms with Crippen LogP contribution in [0.1, 0.15) is 49.2 Å². The minimum absolute atomic E-state index is 0.0618. The number of ether oxygens (including phenoxy) is 2. The summed E-state index contributed by atoms with van der Waals surface area (Å²) in [5.41, 5.74) is 2.51. The van der Waals surface area contributed by atoms with Crippen molar-refractivity contribution in [2.75, 3.05) is 6.61 Å². The number of amides is 2. The van der Waals surface area contributed by atoms with Gasteiger partial charge in [0.05, 0.1) is 6.61 Å². The van der Waals surface area contributed by atoms with Crippen molar-refractivity contribution in [2.24, 2.45) is 5.92 Å². The van der Waals surface area contributed by atoms with Gasteiger partial charge in [-0.3, -0.25) is 9.59 Å². The SMILES string of the molecule is CCOc1cc2c(cc1CNC(=O)[C@@H](NC(=O)c1ccccc1)C(C)C)O[C@H](C)C2. The molecule has 0 aliphatic carbocycles. The highest BCUT2D eigenvalue weighted by Crippen LogP contribution is 2.35. The van der Waals surface area contributed by atoms with Crippen molar-refractivity contribution in [1.29, 1.82) is 0 Å². The maximum Gasteiger partial charge on any atom is 0.251 e. The maximum atomic E-state index is 12.9. The Hall–Kier alpha value is -3.02. The van der Waals surface area contributed by atoms with Gasteiger partial charge in [0.15, 0.2) is 0 Å². The lowest BCUT2D eigenvalue weighted by Gasteiger charge is -2.22. The highest BCUT2D eigenvalue weighted by Gasteiger charge is 2.26. The molecule has 6 nitrogen and oxygen atoms in total. The molecule has 0 bridgehead atoms. The average molecular weight is 411 g/mol. The number of carbonyl (C=O) groups is 2. The van der Waals surface area contributed by atoms with Gasteiger partial charge in [-0.2, -0.15) is 0 Å². The number of benzene rings is 2. The summed E-state index contributed by atoms with van der Waals surface area (Å²) in [5.74, 6) is 1.04. The lowest BCUT2D eigenvalue weighted by atomic mass is 10.0. The first-order chi connectivity index (χ1) is 14.4. The Bertz CT molecular complexity index is 896. The molecule has 0 radical (unpaired) electrons. The second-order valence-corrected chi connectivity index (χ2v) is 7.91. The Balaban J connectivity index is 1.70. The molecule has 2 aromatic carbocycles. The zero-order valence-corrected chi connectivity index (χ0v) is 18.0. The van der Waals surface area contributed by atoms with Crippen LogP contribution in [0.25, 0.3) is 0 Å². The highest BCUT2D eigenvalue weighted by atomic mass is 16.5. The molecule has 2 aromatic rings. The van der Waals surface area contributed by atoms with Gasteiger partial charge in [-0.25, -0.2) is 0 Å². The van der Waals surface area contributed by atoms with Gasteiger partial charge in [0.25, 0.3) is 5.91 Å². The van der Waals surface area contributed by atoms with Crippen LogP contribution >= 0.6 is 0 Å². The number of nitrogens with one attached hydrogen (secondary N) is 2. The minimum atomic E-state index is -0.640. The first-order valence-corrected chi connectivity index (χ1v) is 10.5. The molecule has 0 spiro atoms. The number of hydrogen-bond donors (Lipinski definition) is 2. The maximum absolute atomic E-state index is 12.9. The third kappa shape index (κ3) is 5.12. The van der Waals surface area contributed by atoms with E-state index in [0.717, 1.165) is 29.0 Å². The second kappa shape index (κ2) is 9.65. The molecule has 0 saturated heterocycles. The molecule has 2 N–H and O–H groups in total. The molecule has 2 atom stereocenters. The predicted molar refractivity (Wildman–Crippen MR) is 116 cm³/mol. The molecule has 30 heavy (non-hydrogen) atoms. The van der Waals surface area contributed by atoms with E-state index < -0.39 is 6.04 Å². The molecule has 3 rings (SSSR count). The molecule has 0 unspecified atom stereocenters. The van der Waals surface area contributed by atoms with Gasteiger partial charge in [0.2, 0.25) is 5.91 Å². The number of carbonyl (C=O) groups excluding carboxylic acids is 2. The van der Waals surface area contributed by atoms with Crippen LogP contribution in [0, 0.1) is 5.92 Å². The summed E-state index contributed by atoms with van der Waals surface area (Å²) in [6.45, 7) is 8.62. The molecule has 0 saturated carbocycles. The molecule has 160 valence electrons. The normalized spacial score (nSPS) is 15.8. The van der Waals surface area contributed by atoms with Gasteiger partial charge >= 0.3 is 0 Å². The van der Waals surface area contributed by atoms with Crippen molar-refractivity contribution in [3.63, 3.8) is 0 Å². The van der Waals surface area contributed by atoms with E-state index in [1.807, 2.05) is 45.9 Å². The minimum Gasteiger partial charge on any atom is -0.494 e. The van der Waals surface area contributed by atoms with Gasteiger partial charge in [-0.15, -0.1) is 0 Å². The molecular weight excluding hydrogens is 380 g/mol. The summed E-state index contributed by atoms with van der Waals surface area (Å²) < 4.78 is 11.6. The van der Waals surface area contributed by atoms with Gasteiger partial charge < -0.3 is 20.1 Å². The molecule has 1 aliphatic heterocycles. The molecular formula is C24H30N2O4. The van der Waals surface area contributed by atoms with Crippen molar-refractivity contribution in [1.82, 2.24) is 10.6 Å². The monoisotopic (exact) mass is 410 g/mol. The van der Waals surface area contributed by atoms with E-state index in [0.29, 0.717) is 18.7 Å². The fourth-order valence-electron chi connectivity index (χ4n) is 3.55. The van der Waals surface area contributed by atoms with Gasteiger partial charge in [0, 0.05) is 29.7 Å². The average Bonchev–Trinajstić information content (AvgIpc) is 3.09. The summed E-state index contributed by atoms with van der Waals surface area (Å²) >= 11 is 0.